The second-order valence-electron chi connectivity index (χ2n) is 9.60. The number of rotatable bonds is 5. The molecule has 0 saturated carbocycles. The van der Waals surface area contributed by atoms with Crippen LogP contribution in [0.3, 0.4) is 0 Å². The summed E-state index contributed by atoms with van der Waals surface area (Å²) in [5.74, 6) is -0.592. The molecular formula is C28H32N4O5. The van der Waals surface area contributed by atoms with Gasteiger partial charge in [-0.25, -0.2) is 15.1 Å². The fraction of sp³-hybridized carbons (Fsp3) is 0.393. The number of hydrogen-bond acceptors (Lipinski definition) is 5. The summed E-state index contributed by atoms with van der Waals surface area (Å²) in [4.78, 5) is 45.4. The van der Waals surface area contributed by atoms with Gasteiger partial charge in [-0.2, -0.15) is 0 Å². The summed E-state index contributed by atoms with van der Waals surface area (Å²) in [6, 6.07) is 15.4. The first kappa shape index (κ1) is 25.0. The lowest BCUT2D eigenvalue weighted by Crippen LogP contribution is -2.45. The average molecular weight is 505 g/mol. The van der Waals surface area contributed by atoms with E-state index in [0.29, 0.717) is 31.8 Å². The van der Waals surface area contributed by atoms with Crippen molar-refractivity contribution in [2.24, 2.45) is 0 Å². The molecule has 0 radical (unpaired) electrons. The number of fused-ring (bicyclic) bond motifs is 3. The second kappa shape index (κ2) is 10.7. The van der Waals surface area contributed by atoms with Gasteiger partial charge in [0, 0.05) is 62.2 Å². The van der Waals surface area contributed by atoms with Crippen molar-refractivity contribution < 1.29 is 24.0 Å². The molecule has 2 aliphatic heterocycles. The number of urea groups is 1. The molecule has 1 atom stereocenters. The minimum atomic E-state index is -0.396. The predicted octanol–water partition coefficient (Wildman–Crippen LogP) is 3.83. The molecule has 4 amide bonds. The van der Waals surface area contributed by atoms with Crippen molar-refractivity contribution in [3.8, 4) is 0 Å². The number of nitrogens with one attached hydrogen (secondary N) is 1. The molecule has 9 nitrogen and oxygen atoms in total. The van der Waals surface area contributed by atoms with E-state index in [-0.39, 0.29) is 17.8 Å². The third-order valence-corrected chi connectivity index (χ3v) is 7.17. The van der Waals surface area contributed by atoms with Crippen LogP contribution in [-0.4, -0.2) is 58.7 Å². The summed E-state index contributed by atoms with van der Waals surface area (Å²) in [6.45, 7) is 3.63. The fourth-order valence-corrected chi connectivity index (χ4v) is 5.01. The number of ether oxygens (including phenoxy) is 1. The zero-order valence-corrected chi connectivity index (χ0v) is 21.2. The molecule has 2 aromatic carbocycles. The highest BCUT2D eigenvalue weighted by Gasteiger charge is 2.29. The third-order valence-electron chi connectivity index (χ3n) is 7.17. The first-order valence-corrected chi connectivity index (χ1v) is 12.7. The van der Waals surface area contributed by atoms with Crippen molar-refractivity contribution in [2.75, 3.05) is 20.2 Å². The van der Waals surface area contributed by atoms with Crippen molar-refractivity contribution in [1.82, 2.24) is 19.8 Å². The lowest BCUT2D eigenvalue weighted by Gasteiger charge is -2.31. The molecule has 194 valence electrons. The number of nitrogens with zero attached hydrogens (tertiary/aromatic N) is 3. The standard InChI is InChI=1S/C28H32N4O5/c1-19(33)30(2)28(35)31-15-14-23-22-7-3-4-8-24(22)32(25(23)18-31)17-20-10-12-21(13-11-20)27(34)29-37-26-9-5-6-16-36-26/h3-4,7-8,10-13,26H,5-6,9,14-18H2,1-2H3,(H,29,34). The van der Waals surface area contributed by atoms with Crippen LogP contribution in [0.15, 0.2) is 48.5 Å². The molecule has 3 heterocycles. The summed E-state index contributed by atoms with van der Waals surface area (Å²) in [5, 5.41) is 1.18. The molecule has 1 N–H and O–H groups in total. The molecular weight excluding hydrogens is 472 g/mol. The Kier molecular flexibility index (Phi) is 7.25. The monoisotopic (exact) mass is 504 g/mol. The van der Waals surface area contributed by atoms with Gasteiger partial charge in [-0.3, -0.25) is 14.5 Å². The number of benzene rings is 2. The molecule has 1 aromatic heterocycles. The zero-order chi connectivity index (χ0) is 25.9. The lowest BCUT2D eigenvalue weighted by molar-refractivity contribution is -0.186. The van der Waals surface area contributed by atoms with Crippen LogP contribution in [-0.2, 0) is 33.9 Å². The van der Waals surface area contributed by atoms with Crippen molar-refractivity contribution >= 4 is 28.7 Å². The minimum absolute atomic E-state index is 0.280. The van der Waals surface area contributed by atoms with Gasteiger partial charge in [-0.15, -0.1) is 0 Å². The highest BCUT2D eigenvalue weighted by molar-refractivity contribution is 5.94. The highest BCUT2D eigenvalue weighted by Crippen LogP contribution is 2.32. The van der Waals surface area contributed by atoms with Gasteiger partial charge in [0.25, 0.3) is 5.91 Å². The second-order valence-corrected chi connectivity index (χ2v) is 9.60. The Morgan fingerprint density at radius 1 is 1.11 bits per heavy atom. The normalized spacial score (nSPS) is 17.4. The molecule has 1 unspecified atom stereocenters. The molecule has 37 heavy (non-hydrogen) atoms. The van der Waals surface area contributed by atoms with Crippen LogP contribution in [0.2, 0.25) is 0 Å². The van der Waals surface area contributed by atoms with E-state index in [1.54, 1.807) is 17.0 Å². The van der Waals surface area contributed by atoms with Crippen LogP contribution < -0.4 is 5.48 Å². The highest BCUT2D eigenvalue weighted by atomic mass is 16.8. The third kappa shape index (κ3) is 5.23. The van der Waals surface area contributed by atoms with Crippen LogP contribution in [0.5, 0.6) is 0 Å². The lowest BCUT2D eigenvalue weighted by atomic mass is 10.0. The van der Waals surface area contributed by atoms with E-state index in [2.05, 4.69) is 22.2 Å². The van der Waals surface area contributed by atoms with E-state index in [1.807, 2.05) is 24.3 Å². The molecule has 3 aromatic rings. The van der Waals surface area contributed by atoms with Gasteiger partial charge in [-0.05, 0) is 48.6 Å². The van der Waals surface area contributed by atoms with Crippen molar-refractivity contribution in [3.05, 3.63) is 70.9 Å². The summed E-state index contributed by atoms with van der Waals surface area (Å²) < 4.78 is 7.72. The number of hydroxylamine groups is 1. The van der Waals surface area contributed by atoms with E-state index in [1.165, 1.54) is 24.9 Å². The van der Waals surface area contributed by atoms with Gasteiger partial charge < -0.3 is 14.2 Å². The number of carbonyl (C=O) groups excluding carboxylic acids is 3. The van der Waals surface area contributed by atoms with Gasteiger partial charge in [0.05, 0.1) is 6.54 Å². The van der Waals surface area contributed by atoms with Crippen LogP contribution in [0, 0.1) is 0 Å². The number of amides is 4. The molecule has 0 bridgehead atoms. The Bertz CT molecular complexity index is 1310. The number of carbonyl (C=O) groups is 3. The smallest absolute Gasteiger partial charge is 0.326 e. The molecule has 0 spiro atoms. The molecule has 1 saturated heterocycles. The predicted molar refractivity (Wildman–Crippen MR) is 138 cm³/mol. The van der Waals surface area contributed by atoms with E-state index in [9.17, 15) is 14.4 Å². The van der Waals surface area contributed by atoms with Gasteiger partial charge >= 0.3 is 6.03 Å². The molecule has 2 aliphatic rings. The SMILES string of the molecule is CC(=O)N(C)C(=O)N1CCc2c(n(Cc3ccc(C(=O)NOC4CCCCO4)cc3)c3ccccc23)C1. The number of imide groups is 1. The summed E-state index contributed by atoms with van der Waals surface area (Å²) in [6.07, 6.45) is 3.13. The van der Waals surface area contributed by atoms with Crippen molar-refractivity contribution in [2.45, 2.75) is 52.0 Å². The van der Waals surface area contributed by atoms with Crippen LogP contribution in [0.4, 0.5) is 4.79 Å². The Morgan fingerprint density at radius 3 is 2.62 bits per heavy atom. The summed E-state index contributed by atoms with van der Waals surface area (Å²) >= 11 is 0. The van der Waals surface area contributed by atoms with Crippen molar-refractivity contribution in [1.29, 1.82) is 0 Å². The van der Waals surface area contributed by atoms with E-state index in [4.69, 9.17) is 9.57 Å². The fourth-order valence-electron chi connectivity index (χ4n) is 5.01. The zero-order valence-electron chi connectivity index (χ0n) is 21.2. The summed E-state index contributed by atoms with van der Waals surface area (Å²) in [7, 11) is 1.51. The Balaban J connectivity index is 1.34. The Hall–Kier alpha value is -3.69. The number of para-hydroxylation sites is 1. The first-order valence-electron chi connectivity index (χ1n) is 12.7. The largest absolute Gasteiger partial charge is 0.350 e. The van der Waals surface area contributed by atoms with E-state index < -0.39 is 6.29 Å². The average Bonchev–Trinajstić information content (AvgIpc) is 3.24. The Labute approximate surface area is 215 Å². The number of aromatic nitrogens is 1. The van der Waals surface area contributed by atoms with Gasteiger partial charge in [0.1, 0.15) is 0 Å². The van der Waals surface area contributed by atoms with Gasteiger partial charge in [0.15, 0.2) is 6.29 Å². The van der Waals surface area contributed by atoms with Crippen LogP contribution in [0.1, 0.15) is 53.4 Å². The molecule has 9 heteroatoms. The molecule has 5 rings (SSSR count). The molecule has 0 aliphatic carbocycles. The maximum Gasteiger partial charge on any atom is 0.326 e. The first-order chi connectivity index (χ1) is 17.9. The summed E-state index contributed by atoms with van der Waals surface area (Å²) in [5.41, 5.74) is 7.44. The van der Waals surface area contributed by atoms with Gasteiger partial charge in [-0.1, -0.05) is 30.3 Å². The minimum Gasteiger partial charge on any atom is -0.350 e. The maximum absolute atomic E-state index is 12.9. The number of hydrogen-bond donors (Lipinski definition) is 1. The molecule has 1 fully saturated rings. The van der Waals surface area contributed by atoms with E-state index in [0.717, 1.165) is 47.4 Å². The van der Waals surface area contributed by atoms with Crippen LogP contribution >= 0.6 is 0 Å². The van der Waals surface area contributed by atoms with Crippen molar-refractivity contribution in [3.63, 3.8) is 0 Å². The van der Waals surface area contributed by atoms with E-state index >= 15 is 0 Å². The van der Waals surface area contributed by atoms with Gasteiger partial charge in [0.2, 0.25) is 5.91 Å². The maximum atomic E-state index is 12.9. The Morgan fingerprint density at radius 2 is 1.89 bits per heavy atom. The topological polar surface area (TPSA) is 93.1 Å². The van der Waals surface area contributed by atoms with Crippen LogP contribution in [0.25, 0.3) is 10.9 Å². The quantitative estimate of drug-likeness (QED) is 0.533.